The van der Waals surface area contributed by atoms with Crippen molar-refractivity contribution in [2.75, 3.05) is 0 Å². The Hall–Kier alpha value is -1.70. The van der Waals surface area contributed by atoms with Gasteiger partial charge in [-0.25, -0.2) is 4.39 Å². The van der Waals surface area contributed by atoms with Gasteiger partial charge in [-0.2, -0.15) is 0 Å². The van der Waals surface area contributed by atoms with Crippen LogP contribution in [-0.4, -0.2) is 4.98 Å². The highest BCUT2D eigenvalue weighted by Gasteiger charge is 2.04. The molecule has 0 saturated heterocycles. The molecule has 1 heterocycles. The minimum absolute atomic E-state index is 0.178. The Morgan fingerprint density at radius 2 is 1.94 bits per heavy atom. The number of rotatable bonds is 2. The van der Waals surface area contributed by atoms with E-state index in [-0.39, 0.29) is 5.82 Å². The molecule has 2 heteroatoms. The third-order valence-corrected chi connectivity index (χ3v) is 2.41. The van der Waals surface area contributed by atoms with Crippen molar-refractivity contribution >= 4 is 0 Å². The van der Waals surface area contributed by atoms with Gasteiger partial charge in [-0.3, -0.25) is 4.98 Å². The fourth-order valence-electron chi connectivity index (χ4n) is 1.53. The SMILES string of the molecule is CC.CCc1ccc(-c2cccnc2)c(F)c1. The van der Waals surface area contributed by atoms with Crippen molar-refractivity contribution in [3.8, 4) is 11.1 Å². The van der Waals surface area contributed by atoms with Gasteiger partial charge in [-0.05, 0) is 24.1 Å². The Balaban J connectivity index is 0.000000686. The van der Waals surface area contributed by atoms with Crippen LogP contribution < -0.4 is 0 Å². The second-order valence-electron chi connectivity index (χ2n) is 3.41. The third-order valence-electron chi connectivity index (χ3n) is 2.41. The molecular formula is C15H18FN. The molecule has 2 aromatic rings. The maximum Gasteiger partial charge on any atom is 0.131 e. The Labute approximate surface area is 102 Å². The van der Waals surface area contributed by atoms with Crippen molar-refractivity contribution in [1.29, 1.82) is 0 Å². The van der Waals surface area contributed by atoms with Gasteiger partial charge < -0.3 is 0 Å². The van der Waals surface area contributed by atoms with Gasteiger partial charge in [0.15, 0.2) is 0 Å². The van der Waals surface area contributed by atoms with Crippen molar-refractivity contribution in [3.05, 3.63) is 54.1 Å². The molecule has 0 saturated carbocycles. The van der Waals surface area contributed by atoms with Crippen LogP contribution in [0.25, 0.3) is 11.1 Å². The van der Waals surface area contributed by atoms with Crippen LogP contribution in [0.2, 0.25) is 0 Å². The lowest BCUT2D eigenvalue weighted by molar-refractivity contribution is 0.629. The maximum absolute atomic E-state index is 13.7. The van der Waals surface area contributed by atoms with Gasteiger partial charge in [0.05, 0.1) is 0 Å². The van der Waals surface area contributed by atoms with Crippen LogP contribution in [-0.2, 0) is 6.42 Å². The lowest BCUT2D eigenvalue weighted by Crippen LogP contribution is -1.88. The zero-order chi connectivity index (χ0) is 12.7. The normalized spacial score (nSPS) is 9.41. The molecule has 90 valence electrons. The summed E-state index contributed by atoms with van der Waals surface area (Å²) in [6.45, 7) is 6.01. The van der Waals surface area contributed by atoms with Crippen molar-refractivity contribution < 1.29 is 4.39 Å². The number of aromatic nitrogens is 1. The average Bonchev–Trinajstić information content (AvgIpc) is 2.42. The zero-order valence-electron chi connectivity index (χ0n) is 10.6. The summed E-state index contributed by atoms with van der Waals surface area (Å²) in [7, 11) is 0. The fraction of sp³-hybridized carbons (Fsp3) is 0.267. The molecule has 0 fully saturated rings. The highest BCUT2D eigenvalue weighted by Crippen LogP contribution is 2.22. The molecule has 0 spiro atoms. The quantitative estimate of drug-likeness (QED) is 0.742. The molecule has 0 aliphatic heterocycles. The molecule has 1 nitrogen and oxygen atoms in total. The van der Waals surface area contributed by atoms with E-state index in [1.165, 1.54) is 0 Å². The van der Waals surface area contributed by atoms with Crippen molar-refractivity contribution in [2.45, 2.75) is 27.2 Å². The number of aryl methyl sites for hydroxylation is 1. The maximum atomic E-state index is 13.7. The Bertz CT molecular complexity index is 452. The summed E-state index contributed by atoms with van der Waals surface area (Å²) < 4.78 is 13.7. The predicted molar refractivity (Wildman–Crippen MR) is 70.4 cm³/mol. The van der Waals surface area contributed by atoms with Crippen LogP contribution in [0.15, 0.2) is 42.7 Å². The van der Waals surface area contributed by atoms with Gasteiger partial charge in [0.1, 0.15) is 5.82 Å². The minimum Gasteiger partial charge on any atom is -0.264 e. The molecule has 0 atom stereocenters. The zero-order valence-corrected chi connectivity index (χ0v) is 10.6. The predicted octanol–water partition coefficient (Wildman–Crippen LogP) is 4.48. The highest BCUT2D eigenvalue weighted by molar-refractivity contribution is 5.63. The highest BCUT2D eigenvalue weighted by atomic mass is 19.1. The molecular weight excluding hydrogens is 213 g/mol. The summed E-state index contributed by atoms with van der Waals surface area (Å²) in [5.74, 6) is -0.178. The average molecular weight is 231 g/mol. The molecule has 2 rings (SSSR count). The molecule has 17 heavy (non-hydrogen) atoms. The molecule has 0 N–H and O–H groups in total. The monoisotopic (exact) mass is 231 g/mol. The molecule has 0 amide bonds. The van der Waals surface area contributed by atoms with E-state index in [4.69, 9.17) is 0 Å². The fourth-order valence-corrected chi connectivity index (χ4v) is 1.53. The van der Waals surface area contributed by atoms with Crippen molar-refractivity contribution in [1.82, 2.24) is 4.98 Å². The number of benzene rings is 1. The smallest absolute Gasteiger partial charge is 0.131 e. The van der Waals surface area contributed by atoms with E-state index in [2.05, 4.69) is 4.98 Å². The van der Waals surface area contributed by atoms with E-state index in [0.29, 0.717) is 5.56 Å². The van der Waals surface area contributed by atoms with Crippen LogP contribution in [0, 0.1) is 5.82 Å². The van der Waals surface area contributed by atoms with Gasteiger partial charge in [0.25, 0.3) is 0 Å². The molecule has 1 aromatic carbocycles. The largest absolute Gasteiger partial charge is 0.264 e. The van der Waals surface area contributed by atoms with Gasteiger partial charge in [0, 0.05) is 23.5 Å². The molecule has 0 unspecified atom stereocenters. The number of nitrogens with zero attached hydrogens (tertiary/aromatic N) is 1. The summed E-state index contributed by atoms with van der Waals surface area (Å²) in [6, 6.07) is 9.01. The number of pyridine rings is 1. The number of hydrogen-bond donors (Lipinski definition) is 0. The topological polar surface area (TPSA) is 12.9 Å². The Kier molecular flexibility index (Phi) is 5.34. The van der Waals surface area contributed by atoms with Crippen LogP contribution in [0.4, 0.5) is 4.39 Å². The lowest BCUT2D eigenvalue weighted by atomic mass is 10.0. The molecule has 1 aromatic heterocycles. The third kappa shape index (κ3) is 3.38. The standard InChI is InChI=1S/C13H12FN.C2H6/c1-2-10-5-6-12(13(14)8-10)11-4-3-7-15-9-11;1-2/h3-9H,2H2,1H3;1-2H3. The second-order valence-corrected chi connectivity index (χ2v) is 3.41. The summed E-state index contributed by atoms with van der Waals surface area (Å²) >= 11 is 0. The van der Waals surface area contributed by atoms with Crippen LogP contribution in [0.1, 0.15) is 26.3 Å². The first-order valence-corrected chi connectivity index (χ1v) is 6.00. The number of hydrogen-bond acceptors (Lipinski definition) is 1. The van der Waals surface area contributed by atoms with Crippen molar-refractivity contribution in [2.24, 2.45) is 0 Å². The van der Waals surface area contributed by atoms with Crippen molar-refractivity contribution in [3.63, 3.8) is 0 Å². The first-order valence-electron chi connectivity index (χ1n) is 6.00. The molecule has 0 aliphatic carbocycles. The first-order chi connectivity index (χ1) is 8.31. The summed E-state index contributed by atoms with van der Waals surface area (Å²) in [6.07, 6.45) is 4.20. The number of halogens is 1. The summed E-state index contributed by atoms with van der Waals surface area (Å²) in [4.78, 5) is 3.98. The van der Waals surface area contributed by atoms with E-state index in [0.717, 1.165) is 17.5 Å². The molecule has 0 bridgehead atoms. The van der Waals surface area contributed by atoms with Crippen LogP contribution in [0.3, 0.4) is 0 Å². The van der Waals surface area contributed by atoms with E-state index in [1.54, 1.807) is 18.5 Å². The first kappa shape index (κ1) is 13.4. The van der Waals surface area contributed by atoms with Gasteiger partial charge in [-0.1, -0.05) is 39.0 Å². The van der Waals surface area contributed by atoms with Gasteiger partial charge >= 0.3 is 0 Å². The van der Waals surface area contributed by atoms with E-state index in [9.17, 15) is 4.39 Å². The minimum atomic E-state index is -0.178. The second kappa shape index (κ2) is 6.79. The van der Waals surface area contributed by atoms with Crippen LogP contribution in [0.5, 0.6) is 0 Å². The summed E-state index contributed by atoms with van der Waals surface area (Å²) in [5.41, 5.74) is 2.44. The van der Waals surface area contributed by atoms with Crippen LogP contribution >= 0.6 is 0 Å². The van der Waals surface area contributed by atoms with Gasteiger partial charge in [0.2, 0.25) is 0 Å². The molecule has 0 aliphatic rings. The van der Waals surface area contributed by atoms with E-state index < -0.39 is 0 Å². The Morgan fingerprint density at radius 1 is 1.18 bits per heavy atom. The summed E-state index contributed by atoms with van der Waals surface area (Å²) in [5, 5.41) is 0. The van der Waals surface area contributed by atoms with E-state index in [1.807, 2.05) is 45.0 Å². The van der Waals surface area contributed by atoms with Gasteiger partial charge in [-0.15, -0.1) is 0 Å². The van der Waals surface area contributed by atoms with E-state index >= 15 is 0 Å². The molecule has 0 radical (unpaired) electrons. The lowest BCUT2D eigenvalue weighted by Gasteiger charge is -2.04. The Morgan fingerprint density at radius 3 is 2.47 bits per heavy atom.